The fourth-order valence-corrected chi connectivity index (χ4v) is 2.90. The van der Waals surface area contributed by atoms with Crippen molar-refractivity contribution < 1.29 is 31.8 Å². The monoisotopic (exact) mass is 362 g/mol. The van der Waals surface area contributed by atoms with E-state index in [2.05, 4.69) is 15.4 Å². The molecule has 1 aliphatic heterocycles. The van der Waals surface area contributed by atoms with Crippen LogP contribution in [0.15, 0.2) is 18.2 Å². The zero-order valence-electron chi connectivity index (χ0n) is 13.3. The van der Waals surface area contributed by atoms with Crippen LogP contribution < -0.4 is 15.4 Å². The van der Waals surface area contributed by atoms with Gasteiger partial charge in [0, 0.05) is 12.6 Å². The van der Waals surface area contributed by atoms with Crippen LogP contribution in [0.5, 0.6) is 5.75 Å². The summed E-state index contributed by atoms with van der Waals surface area (Å²) >= 11 is 0. The van der Waals surface area contributed by atoms with Gasteiger partial charge in [-0.2, -0.15) is 0 Å². The molecule has 0 aromatic heterocycles. The predicted octanol–water partition coefficient (Wildman–Crippen LogP) is 3.19. The molecule has 0 radical (unpaired) electrons. The van der Waals surface area contributed by atoms with Crippen LogP contribution in [0.1, 0.15) is 31.2 Å². The second kappa shape index (κ2) is 6.70. The van der Waals surface area contributed by atoms with Gasteiger partial charge >= 0.3 is 12.5 Å². The number of halogens is 4. The number of alkyl halides is 3. The molecule has 9 heteroatoms. The first kappa shape index (κ1) is 17.8. The SMILES string of the molecule is O=C(NC[C@@H]1CCCN1)OC1(c2ccc(F)c(OC(F)(F)F)c2)CC1. The lowest BCUT2D eigenvalue weighted by Crippen LogP contribution is -2.38. The number of hydrogen-bond acceptors (Lipinski definition) is 4. The highest BCUT2D eigenvalue weighted by molar-refractivity contribution is 5.68. The van der Waals surface area contributed by atoms with E-state index in [0.717, 1.165) is 31.5 Å². The number of rotatable bonds is 5. The normalized spacial score (nSPS) is 21.7. The van der Waals surface area contributed by atoms with E-state index in [1.54, 1.807) is 0 Å². The third-order valence-corrected chi connectivity index (χ3v) is 4.33. The van der Waals surface area contributed by atoms with Crippen LogP contribution in [0.3, 0.4) is 0 Å². The standard InChI is InChI=1S/C16H18F4N2O3/c17-12-4-3-10(8-13(12)24-16(18,19)20)15(5-6-15)25-14(23)22-9-11-2-1-7-21-11/h3-4,8,11,21H,1-2,5-7,9H2,(H,22,23)/t11-/m0/s1. The van der Waals surface area contributed by atoms with Crippen LogP contribution in [0.25, 0.3) is 0 Å². The number of carbonyl (C=O) groups is 1. The van der Waals surface area contributed by atoms with Gasteiger partial charge in [-0.3, -0.25) is 0 Å². The van der Waals surface area contributed by atoms with Crippen LogP contribution in [0.2, 0.25) is 0 Å². The van der Waals surface area contributed by atoms with Crippen molar-refractivity contribution in [3.63, 3.8) is 0 Å². The first-order valence-corrected chi connectivity index (χ1v) is 8.03. The van der Waals surface area contributed by atoms with Crippen molar-refractivity contribution in [1.82, 2.24) is 10.6 Å². The quantitative estimate of drug-likeness (QED) is 0.790. The average molecular weight is 362 g/mol. The molecule has 1 atom stereocenters. The van der Waals surface area contributed by atoms with E-state index in [0.29, 0.717) is 19.4 Å². The zero-order chi connectivity index (χ0) is 18.1. The van der Waals surface area contributed by atoms with E-state index in [1.165, 1.54) is 6.07 Å². The fourth-order valence-electron chi connectivity index (χ4n) is 2.90. The summed E-state index contributed by atoms with van der Waals surface area (Å²) in [4.78, 5) is 12.0. The number of alkyl carbamates (subject to hydrolysis) is 1. The Morgan fingerprint density at radius 1 is 1.36 bits per heavy atom. The van der Waals surface area contributed by atoms with Crippen molar-refractivity contribution >= 4 is 6.09 Å². The molecule has 25 heavy (non-hydrogen) atoms. The molecule has 0 bridgehead atoms. The summed E-state index contributed by atoms with van der Waals surface area (Å²) in [6.45, 7) is 1.32. The van der Waals surface area contributed by atoms with Gasteiger partial charge in [-0.1, -0.05) is 6.07 Å². The Labute approximate surface area is 141 Å². The summed E-state index contributed by atoms with van der Waals surface area (Å²) in [6, 6.07) is 3.31. The van der Waals surface area contributed by atoms with Crippen LogP contribution in [0, 0.1) is 5.82 Å². The largest absolute Gasteiger partial charge is 0.573 e. The van der Waals surface area contributed by atoms with Gasteiger partial charge in [0.1, 0.15) is 5.60 Å². The first-order chi connectivity index (χ1) is 11.8. The Morgan fingerprint density at radius 3 is 2.72 bits per heavy atom. The molecular formula is C16H18F4N2O3. The first-order valence-electron chi connectivity index (χ1n) is 8.03. The van der Waals surface area contributed by atoms with Gasteiger partial charge in [-0.15, -0.1) is 13.2 Å². The van der Waals surface area contributed by atoms with E-state index in [9.17, 15) is 22.4 Å². The van der Waals surface area contributed by atoms with Gasteiger partial charge in [0.15, 0.2) is 11.6 Å². The van der Waals surface area contributed by atoms with Gasteiger partial charge in [0.05, 0.1) is 0 Å². The molecule has 1 aromatic carbocycles. The maximum absolute atomic E-state index is 13.5. The predicted molar refractivity (Wildman–Crippen MR) is 79.5 cm³/mol. The Bertz CT molecular complexity index is 641. The molecule has 1 heterocycles. The van der Waals surface area contributed by atoms with Gasteiger partial charge in [0.2, 0.25) is 0 Å². The van der Waals surface area contributed by atoms with Crippen LogP contribution in [-0.2, 0) is 10.3 Å². The lowest BCUT2D eigenvalue weighted by molar-refractivity contribution is -0.275. The smallest absolute Gasteiger partial charge is 0.438 e. The minimum Gasteiger partial charge on any atom is -0.438 e. The number of nitrogens with one attached hydrogen (secondary N) is 2. The summed E-state index contributed by atoms with van der Waals surface area (Å²) in [6.07, 6.45) is -2.72. The fraction of sp³-hybridized carbons (Fsp3) is 0.562. The van der Waals surface area contributed by atoms with Crippen LogP contribution in [-0.4, -0.2) is 31.6 Å². The lowest BCUT2D eigenvalue weighted by atomic mass is 10.1. The van der Waals surface area contributed by atoms with E-state index in [-0.39, 0.29) is 11.6 Å². The molecule has 2 aliphatic rings. The molecule has 1 saturated heterocycles. The summed E-state index contributed by atoms with van der Waals surface area (Å²) in [5.74, 6) is -2.07. The minimum atomic E-state index is -5.00. The molecule has 2 N–H and O–H groups in total. The second-order valence-electron chi connectivity index (χ2n) is 6.25. The van der Waals surface area contributed by atoms with Gasteiger partial charge in [-0.25, -0.2) is 9.18 Å². The molecule has 5 nitrogen and oxygen atoms in total. The number of hydrogen-bond donors (Lipinski definition) is 2. The summed E-state index contributed by atoms with van der Waals surface area (Å²) < 4.78 is 59.6. The molecule has 0 spiro atoms. The van der Waals surface area contributed by atoms with Crippen molar-refractivity contribution in [1.29, 1.82) is 0 Å². The number of ether oxygens (including phenoxy) is 2. The number of amides is 1. The third kappa shape index (κ3) is 4.53. The van der Waals surface area contributed by atoms with E-state index in [4.69, 9.17) is 4.74 Å². The van der Waals surface area contributed by atoms with Crippen molar-refractivity contribution in [2.45, 2.75) is 43.7 Å². The van der Waals surface area contributed by atoms with Gasteiger partial charge < -0.3 is 20.1 Å². The maximum atomic E-state index is 13.5. The van der Waals surface area contributed by atoms with Gasteiger partial charge in [-0.05, 0) is 49.9 Å². The van der Waals surface area contributed by atoms with Crippen molar-refractivity contribution in [2.75, 3.05) is 13.1 Å². The zero-order valence-corrected chi connectivity index (χ0v) is 13.3. The maximum Gasteiger partial charge on any atom is 0.573 e. The molecule has 138 valence electrons. The molecule has 0 unspecified atom stereocenters. The Balaban J connectivity index is 1.64. The highest BCUT2D eigenvalue weighted by atomic mass is 19.4. The molecular weight excluding hydrogens is 344 g/mol. The molecule has 2 fully saturated rings. The average Bonchev–Trinajstić information content (AvgIpc) is 3.10. The van der Waals surface area contributed by atoms with Crippen molar-refractivity contribution in [3.05, 3.63) is 29.6 Å². The topological polar surface area (TPSA) is 59.6 Å². The number of carbonyl (C=O) groups excluding carboxylic acids is 1. The third-order valence-electron chi connectivity index (χ3n) is 4.33. The number of benzene rings is 1. The lowest BCUT2D eigenvalue weighted by Gasteiger charge is -2.20. The Kier molecular flexibility index (Phi) is 4.77. The molecule has 1 saturated carbocycles. The second-order valence-corrected chi connectivity index (χ2v) is 6.25. The van der Waals surface area contributed by atoms with E-state index in [1.807, 2.05) is 0 Å². The van der Waals surface area contributed by atoms with Crippen LogP contribution in [0.4, 0.5) is 22.4 Å². The van der Waals surface area contributed by atoms with E-state index < -0.39 is 29.6 Å². The van der Waals surface area contributed by atoms with Crippen LogP contribution >= 0.6 is 0 Å². The molecule has 1 aromatic rings. The van der Waals surface area contributed by atoms with Crippen molar-refractivity contribution in [3.8, 4) is 5.75 Å². The highest BCUT2D eigenvalue weighted by Gasteiger charge is 2.49. The minimum absolute atomic E-state index is 0.195. The van der Waals surface area contributed by atoms with Gasteiger partial charge in [0.25, 0.3) is 0 Å². The van der Waals surface area contributed by atoms with Crippen molar-refractivity contribution in [2.24, 2.45) is 0 Å². The molecule has 1 amide bonds. The summed E-state index contributed by atoms with van der Waals surface area (Å²) in [7, 11) is 0. The highest BCUT2D eigenvalue weighted by Crippen LogP contribution is 2.50. The van der Waals surface area contributed by atoms with E-state index >= 15 is 0 Å². The summed E-state index contributed by atoms with van der Waals surface area (Å²) in [5.41, 5.74) is -0.743. The molecule has 3 rings (SSSR count). The summed E-state index contributed by atoms with van der Waals surface area (Å²) in [5, 5.41) is 5.87. The Morgan fingerprint density at radius 2 is 2.12 bits per heavy atom. The Hall–Kier alpha value is -2.03. The molecule has 1 aliphatic carbocycles.